The summed E-state index contributed by atoms with van der Waals surface area (Å²) in [6, 6.07) is 29.5. The summed E-state index contributed by atoms with van der Waals surface area (Å²) >= 11 is 0. The number of rotatable bonds is 6. The molecule has 0 amide bonds. The number of fused-ring (bicyclic) bond motifs is 2. The molecule has 2 aromatic heterocycles. The van der Waals surface area contributed by atoms with Crippen LogP contribution in [0.25, 0.3) is 44.6 Å². The minimum atomic E-state index is 0.766. The standard InChI is InChI=1S/C32H31N5/c1-4-9-30-35-31-21(2)18-24(32-34-27-12-7-8-13-28(27)36(32)3)19-29(31)37(30)20-22-14-16-23(17-15-22)25-10-5-6-11-26(25)33/h5-8,10-19H,4,9,20,33H2,1-3H3. The van der Waals surface area contributed by atoms with Gasteiger partial charge in [-0.3, -0.25) is 0 Å². The highest BCUT2D eigenvalue weighted by Gasteiger charge is 2.17. The number of nitrogen functional groups attached to an aromatic ring is 1. The van der Waals surface area contributed by atoms with Gasteiger partial charge in [-0.25, -0.2) is 9.97 Å². The number of anilines is 1. The van der Waals surface area contributed by atoms with Crippen LogP contribution in [-0.2, 0) is 20.0 Å². The molecule has 0 aliphatic heterocycles. The molecule has 37 heavy (non-hydrogen) atoms. The third-order valence-electron chi connectivity index (χ3n) is 7.21. The molecule has 4 aromatic carbocycles. The van der Waals surface area contributed by atoms with Gasteiger partial charge < -0.3 is 14.9 Å². The number of benzene rings is 4. The van der Waals surface area contributed by atoms with Crippen molar-refractivity contribution in [1.29, 1.82) is 0 Å². The second-order valence-corrected chi connectivity index (χ2v) is 9.79. The first-order valence-electron chi connectivity index (χ1n) is 12.9. The van der Waals surface area contributed by atoms with E-state index in [1.54, 1.807) is 0 Å². The molecule has 6 aromatic rings. The Morgan fingerprint density at radius 1 is 0.811 bits per heavy atom. The maximum atomic E-state index is 6.21. The second-order valence-electron chi connectivity index (χ2n) is 9.79. The van der Waals surface area contributed by atoms with Crippen molar-refractivity contribution in [3.05, 3.63) is 102 Å². The third kappa shape index (κ3) is 4.06. The third-order valence-corrected chi connectivity index (χ3v) is 7.21. The largest absolute Gasteiger partial charge is 0.398 e. The van der Waals surface area contributed by atoms with Crippen molar-refractivity contribution in [3.63, 3.8) is 0 Å². The Bertz CT molecular complexity index is 1740. The van der Waals surface area contributed by atoms with Crippen LogP contribution in [0.15, 0.2) is 84.9 Å². The molecule has 0 fully saturated rings. The van der Waals surface area contributed by atoms with Crippen molar-refractivity contribution in [3.8, 4) is 22.5 Å². The highest BCUT2D eigenvalue weighted by molar-refractivity contribution is 5.87. The number of imidazole rings is 2. The summed E-state index contributed by atoms with van der Waals surface area (Å²) in [5, 5.41) is 0. The van der Waals surface area contributed by atoms with E-state index >= 15 is 0 Å². The summed E-state index contributed by atoms with van der Waals surface area (Å²) < 4.78 is 4.56. The molecule has 0 spiro atoms. The van der Waals surface area contributed by atoms with E-state index in [1.807, 2.05) is 24.3 Å². The molecular formula is C32H31N5. The molecule has 5 heteroatoms. The van der Waals surface area contributed by atoms with Gasteiger partial charge in [0.2, 0.25) is 0 Å². The molecule has 2 heterocycles. The molecule has 0 radical (unpaired) electrons. The van der Waals surface area contributed by atoms with Crippen molar-refractivity contribution in [2.45, 2.75) is 33.2 Å². The highest BCUT2D eigenvalue weighted by atomic mass is 15.1. The Morgan fingerprint density at radius 2 is 1.57 bits per heavy atom. The van der Waals surface area contributed by atoms with E-state index in [4.69, 9.17) is 15.7 Å². The Balaban J connectivity index is 1.44. The van der Waals surface area contributed by atoms with Gasteiger partial charge in [0.25, 0.3) is 0 Å². The van der Waals surface area contributed by atoms with Crippen molar-refractivity contribution in [1.82, 2.24) is 19.1 Å². The summed E-state index contributed by atoms with van der Waals surface area (Å²) in [6.45, 7) is 5.13. The normalized spacial score (nSPS) is 11.5. The minimum Gasteiger partial charge on any atom is -0.398 e. The number of hydrogen-bond donors (Lipinski definition) is 1. The van der Waals surface area contributed by atoms with Gasteiger partial charge in [-0.1, -0.05) is 61.5 Å². The zero-order chi connectivity index (χ0) is 25.5. The molecule has 5 nitrogen and oxygen atoms in total. The average molecular weight is 486 g/mol. The lowest BCUT2D eigenvalue weighted by molar-refractivity contribution is 0.722. The fourth-order valence-electron chi connectivity index (χ4n) is 5.30. The zero-order valence-corrected chi connectivity index (χ0v) is 21.6. The quantitative estimate of drug-likeness (QED) is 0.255. The molecule has 2 N–H and O–H groups in total. The molecule has 0 saturated heterocycles. The van der Waals surface area contributed by atoms with Crippen molar-refractivity contribution >= 4 is 27.8 Å². The molecule has 184 valence electrons. The summed E-state index contributed by atoms with van der Waals surface area (Å²) in [5.41, 5.74) is 17.1. The van der Waals surface area contributed by atoms with Crippen molar-refractivity contribution in [2.75, 3.05) is 5.73 Å². The lowest BCUT2D eigenvalue weighted by atomic mass is 10.0. The molecule has 6 rings (SSSR count). The van der Waals surface area contributed by atoms with Gasteiger partial charge in [0, 0.05) is 36.8 Å². The van der Waals surface area contributed by atoms with E-state index in [0.717, 1.165) is 75.5 Å². The van der Waals surface area contributed by atoms with E-state index in [2.05, 4.69) is 90.7 Å². The SMILES string of the molecule is CCCc1nc2c(C)cc(-c3nc4ccccc4n3C)cc2n1Cc1ccc(-c2ccccc2N)cc1. The lowest BCUT2D eigenvalue weighted by Crippen LogP contribution is -2.05. The summed E-state index contributed by atoms with van der Waals surface area (Å²) in [7, 11) is 2.09. The van der Waals surface area contributed by atoms with Gasteiger partial charge in [-0.05, 0) is 60.4 Å². The van der Waals surface area contributed by atoms with Gasteiger partial charge in [-0.2, -0.15) is 0 Å². The van der Waals surface area contributed by atoms with Crippen LogP contribution < -0.4 is 5.73 Å². The van der Waals surface area contributed by atoms with Gasteiger partial charge in [0.15, 0.2) is 0 Å². The maximum absolute atomic E-state index is 6.21. The smallest absolute Gasteiger partial charge is 0.140 e. The zero-order valence-electron chi connectivity index (χ0n) is 21.6. The monoisotopic (exact) mass is 485 g/mol. The second kappa shape index (κ2) is 9.25. The van der Waals surface area contributed by atoms with Gasteiger partial charge >= 0.3 is 0 Å². The Hall–Kier alpha value is -4.38. The number of nitrogens with zero attached hydrogens (tertiary/aromatic N) is 4. The molecule has 0 aliphatic carbocycles. The molecule has 0 unspecified atom stereocenters. The fourth-order valence-corrected chi connectivity index (χ4v) is 5.30. The number of para-hydroxylation sites is 3. The number of aryl methyl sites for hydroxylation is 3. The highest BCUT2D eigenvalue weighted by Crippen LogP contribution is 2.31. The first-order chi connectivity index (χ1) is 18.0. The predicted molar refractivity (Wildman–Crippen MR) is 154 cm³/mol. The molecule has 0 aliphatic rings. The van der Waals surface area contributed by atoms with Gasteiger partial charge in [0.1, 0.15) is 11.6 Å². The van der Waals surface area contributed by atoms with E-state index in [9.17, 15) is 0 Å². The van der Waals surface area contributed by atoms with Gasteiger partial charge in [-0.15, -0.1) is 0 Å². The first-order valence-corrected chi connectivity index (χ1v) is 12.9. The van der Waals surface area contributed by atoms with Crippen LogP contribution in [0.4, 0.5) is 5.69 Å². The average Bonchev–Trinajstić information content (AvgIpc) is 3.43. The number of hydrogen-bond acceptors (Lipinski definition) is 3. The van der Waals surface area contributed by atoms with Gasteiger partial charge in [0.05, 0.1) is 22.1 Å². The summed E-state index contributed by atoms with van der Waals surface area (Å²) in [6.07, 6.45) is 1.99. The molecule has 0 saturated carbocycles. The molecular weight excluding hydrogens is 454 g/mol. The summed E-state index contributed by atoms with van der Waals surface area (Å²) in [4.78, 5) is 10.0. The van der Waals surface area contributed by atoms with Crippen molar-refractivity contribution in [2.24, 2.45) is 7.05 Å². The van der Waals surface area contributed by atoms with Crippen molar-refractivity contribution < 1.29 is 0 Å². The van der Waals surface area contributed by atoms with E-state index < -0.39 is 0 Å². The van der Waals surface area contributed by atoms with Crippen LogP contribution in [0.3, 0.4) is 0 Å². The topological polar surface area (TPSA) is 61.7 Å². The summed E-state index contributed by atoms with van der Waals surface area (Å²) in [5.74, 6) is 2.10. The van der Waals surface area contributed by atoms with Crippen LogP contribution in [0, 0.1) is 6.92 Å². The van der Waals surface area contributed by atoms with E-state index in [1.165, 1.54) is 11.1 Å². The maximum Gasteiger partial charge on any atom is 0.140 e. The Kier molecular flexibility index (Phi) is 5.76. The van der Waals surface area contributed by atoms with Crippen LogP contribution in [0.5, 0.6) is 0 Å². The van der Waals surface area contributed by atoms with E-state index in [-0.39, 0.29) is 0 Å². The fraction of sp³-hybridized carbons (Fsp3) is 0.188. The Labute approximate surface area is 217 Å². The van der Waals surface area contributed by atoms with E-state index in [0.29, 0.717) is 0 Å². The first kappa shape index (κ1) is 23.0. The van der Waals surface area contributed by atoms with Crippen LogP contribution in [0.2, 0.25) is 0 Å². The Morgan fingerprint density at radius 3 is 2.32 bits per heavy atom. The number of aromatic nitrogens is 4. The minimum absolute atomic E-state index is 0.766. The van der Waals surface area contributed by atoms with Crippen LogP contribution >= 0.6 is 0 Å². The van der Waals surface area contributed by atoms with Crippen LogP contribution in [-0.4, -0.2) is 19.1 Å². The lowest BCUT2D eigenvalue weighted by Gasteiger charge is -2.12. The molecule has 0 bridgehead atoms. The number of nitrogens with two attached hydrogens (primary N) is 1. The predicted octanol–water partition coefficient (Wildman–Crippen LogP) is 7.15. The van der Waals surface area contributed by atoms with Crippen LogP contribution in [0.1, 0.15) is 30.3 Å². The molecule has 0 atom stereocenters.